The van der Waals surface area contributed by atoms with E-state index in [0.29, 0.717) is 12.8 Å². The molecule has 2 rings (SSSR count). The standard InChI is InChI=1S/C4H4BrNO2.C4H5NO2/c5-2-1-3(7)6-4(2)8;6-3-1-2-4(7)5-3/h2H,1H2,(H,6,7,8);1-2H2,(H,5,6,7). The molecule has 0 aliphatic carbocycles. The number of rotatable bonds is 0. The lowest BCUT2D eigenvalue weighted by Crippen LogP contribution is -2.21. The number of hydrogen-bond donors (Lipinski definition) is 2. The fourth-order valence-electron chi connectivity index (χ4n) is 1.03. The first kappa shape index (κ1) is 11.8. The molecule has 0 aromatic rings. The van der Waals surface area contributed by atoms with E-state index in [0.717, 1.165) is 0 Å². The summed E-state index contributed by atoms with van der Waals surface area (Å²) < 4.78 is 0. The van der Waals surface area contributed by atoms with Crippen molar-refractivity contribution in [2.45, 2.75) is 24.1 Å². The monoisotopic (exact) mass is 276 g/mol. The van der Waals surface area contributed by atoms with Crippen LogP contribution in [0.5, 0.6) is 0 Å². The summed E-state index contributed by atoms with van der Waals surface area (Å²) in [7, 11) is 0. The zero-order valence-corrected chi connectivity index (χ0v) is 9.30. The predicted octanol–water partition coefficient (Wildman–Crippen LogP) is -0.781. The van der Waals surface area contributed by atoms with Crippen LogP contribution >= 0.6 is 15.9 Å². The number of hydrogen-bond acceptors (Lipinski definition) is 4. The second-order valence-electron chi connectivity index (χ2n) is 3.06. The van der Waals surface area contributed by atoms with E-state index in [-0.39, 0.29) is 34.9 Å². The lowest BCUT2D eigenvalue weighted by Gasteiger charge is -1.86. The molecule has 4 amide bonds. The Labute approximate surface area is 93.9 Å². The largest absolute Gasteiger partial charge is 0.296 e. The van der Waals surface area contributed by atoms with Crippen LogP contribution in [0.25, 0.3) is 0 Å². The van der Waals surface area contributed by atoms with Crippen molar-refractivity contribution in [2.24, 2.45) is 0 Å². The summed E-state index contributed by atoms with van der Waals surface area (Å²) in [5.41, 5.74) is 0. The molecule has 6 nitrogen and oxygen atoms in total. The molecule has 0 saturated carbocycles. The normalized spacial score (nSPS) is 24.5. The van der Waals surface area contributed by atoms with Gasteiger partial charge in [-0.3, -0.25) is 29.8 Å². The first-order valence-electron chi connectivity index (χ1n) is 4.29. The first-order valence-corrected chi connectivity index (χ1v) is 5.21. The zero-order valence-electron chi connectivity index (χ0n) is 7.71. The van der Waals surface area contributed by atoms with Crippen LogP contribution in [-0.2, 0) is 19.2 Å². The van der Waals surface area contributed by atoms with Gasteiger partial charge in [0.25, 0.3) is 0 Å². The Morgan fingerprint density at radius 2 is 1.47 bits per heavy atom. The summed E-state index contributed by atoms with van der Waals surface area (Å²) in [6, 6.07) is 0. The van der Waals surface area contributed by atoms with Crippen LogP contribution in [0, 0.1) is 0 Å². The van der Waals surface area contributed by atoms with E-state index in [1.165, 1.54) is 0 Å². The molecule has 0 spiro atoms. The van der Waals surface area contributed by atoms with Crippen molar-refractivity contribution in [3.05, 3.63) is 0 Å². The van der Waals surface area contributed by atoms with Gasteiger partial charge in [0.05, 0.1) is 0 Å². The van der Waals surface area contributed by atoms with E-state index in [4.69, 9.17) is 0 Å². The minimum Gasteiger partial charge on any atom is -0.296 e. The topological polar surface area (TPSA) is 92.3 Å². The SMILES string of the molecule is O=C1CC(Br)C(=O)N1.O=C1CCC(=O)N1. The number of amides is 4. The average Bonchev–Trinajstić information content (AvgIpc) is 2.61. The van der Waals surface area contributed by atoms with Crippen molar-refractivity contribution in [1.82, 2.24) is 10.6 Å². The summed E-state index contributed by atoms with van der Waals surface area (Å²) in [5.74, 6) is -0.720. The number of imide groups is 2. The van der Waals surface area contributed by atoms with Crippen LogP contribution in [-0.4, -0.2) is 28.5 Å². The van der Waals surface area contributed by atoms with Gasteiger partial charge in [0.2, 0.25) is 23.6 Å². The minimum atomic E-state index is -0.296. The maximum Gasteiger partial charge on any atom is 0.240 e. The molecule has 1 atom stereocenters. The molecule has 2 N–H and O–H groups in total. The highest BCUT2D eigenvalue weighted by Gasteiger charge is 2.27. The molecule has 82 valence electrons. The zero-order chi connectivity index (χ0) is 11.4. The van der Waals surface area contributed by atoms with Crippen LogP contribution in [0.1, 0.15) is 19.3 Å². The molecule has 0 aromatic carbocycles. The van der Waals surface area contributed by atoms with E-state index in [9.17, 15) is 19.2 Å². The molecule has 2 aliphatic heterocycles. The van der Waals surface area contributed by atoms with Crippen LogP contribution in [0.2, 0.25) is 0 Å². The van der Waals surface area contributed by atoms with Crippen molar-refractivity contribution in [1.29, 1.82) is 0 Å². The van der Waals surface area contributed by atoms with Crippen molar-refractivity contribution in [3.8, 4) is 0 Å². The van der Waals surface area contributed by atoms with E-state index < -0.39 is 0 Å². The molecule has 2 aliphatic rings. The van der Waals surface area contributed by atoms with Gasteiger partial charge in [0.15, 0.2) is 0 Å². The highest BCUT2D eigenvalue weighted by Crippen LogP contribution is 2.10. The molecule has 2 heterocycles. The molecule has 0 bridgehead atoms. The highest BCUT2D eigenvalue weighted by molar-refractivity contribution is 9.10. The van der Waals surface area contributed by atoms with Crippen molar-refractivity contribution >= 4 is 39.6 Å². The van der Waals surface area contributed by atoms with Gasteiger partial charge in [-0.25, -0.2) is 0 Å². The van der Waals surface area contributed by atoms with Crippen molar-refractivity contribution < 1.29 is 19.2 Å². The van der Waals surface area contributed by atoms with Gasteiger partial charge < -0.3 is 0 Å². The molecule has 7 heteroatoms. The number of carbonyl (C=O) groups is 4. The molecule has 0 radical (unpaired) electrons. The second-order valence-corrected chi connectivity index (χ2v) is 4.16. The van der Waals surface area contributed by atoms with Gasteiger partial charge in [-0.15, -0.1) is 0 Å². The lowest BCUT2D eigenvalue weighted by atomic mass is 10.4. The summed E-state index contributed by atoms with van der Waals surface area (Å²) in [5, 5.41) is 4.28. The molecular formula is C8H9BrN2O4. The fourth-order valence-corrected chi connectivity index (χ4v) is 1.44. The summed E-state index contributed by atoms with van der Waals surface area (Å²) in [4.78, 5) is 40.7. The van der Waals surface area contributed by atoms with Gasteiger partial charge in [-0.1, -0.05) is 15.9 Å². The average molecular weight is 277 g/mol. The van der Waals surface area contributed by atoms with E-state index in [1.54, 1.807) is 0 Å². The molecule has 1 unspecified atom stereocenters. The first-order chi connectivity index (χ1) is 6.99. The maximum absolute atomic E-state index is 10.4. The number of nitrogens with one attached hydrogen (secondary N) is 2. The Morgan fingerprint density at radius 1 is 0.933 bits per heavy atom. The van der Waals surface area contributed by atoms with Gasteiger partial charge in [-0.2, -0.15) is 0 Å². The smallest absolute Gasteiger partial charge is 0.240 e. The van der Waals surface area contributed by atoms with E-state index in [2.05, 4.69) is 26.6 Å². The summed E-state index contributed by atoms with van der Waals surface area (Å²) >= 11 is 3.01. The van der Waals surface area contributed by atoms with Crippen LogP contribution < -0.4 is 10.6 Å². The second kappa shape index (κ2) is 5.01. The van der Waals surface area contributed by atoms with Gasteiger partial charge >= 0.3 is 0 Å². The number of carbonyl (C=O) groups excluding carboxylic acids is 4. The minimum absolute atomic E-state index is 0.148. The Balaban J connectivity index is 0.000000151. The lowest BCUT2D eigenvalue weighted by molar-refractivity contribution is -0.126. The van der Waals surface area contributed by atoms with Crippen molar-refractivity contribution in [3.63, 3.8) is 0 Å². The third-order valence-electron chi connectivity index (χ3n) is 1.77. The third-order valence-corrected chi connectivity index (χ3v) is 2.51. The van der Waals surface area contributed by atoms with Crippen molar-refractivity contribution in [2.75, 3.05) is 0 Å². The molecule has 2 saturated heterocycles. The van der Waals surface area contributed by atoms with Gasteiger partial charge in [0.1, 0.15) is 4.83 Å². The van der Waals surface area contributed by atoms with Crippen LogP contribution in [0.15, 0.2) is 0 Å². The molecule has 2 fully saturated rings. The Morgan fingerprint density at radius 3 is 1.60 bits per heavy atom. The maximum atomic E-state index is 10.4. The summed E-state index contributed by atoms with van der Waals surface area (Å²) in [6.45, 7) is 0. The quantitative estimate of drug-likeness (QED) is 0.449. The van der Waals surface area contributed by atoms with Gasteiger partial charge in [-0.05, 0) is 0 Å². The fraction of sp³-hybridized carbons (Fsp3) is 0.500. The summed E-state index contributed by atoms with van der Waals surface area (Å²) in [6.07, 6.45) is 1.02. The molecular weight excluding hydrogens is 268 g/mol. The molecule has 15 heavy (non-hydrogen) atoms. The third kappa shape index (κ3) is 3.78. The van der Waals surface area contributed by atoms with E-state index in [1.807, 2.05) is 0 Å². The predicted molar refractivity (Wildman–Crippen MR) is 52.9 cm³/mol. The van der Waals surface area contributed by atoms with Crippen LogP contribution in [0.4, 0.5) is 0 Å². The highest BCUT2D eigenvalue weighted by atomic mass is 79.9. The van der Waals surface area contributed by atoms with Gasteiger partial charge in [0, 0.05) is 19.3 Å². The Kier molecular flexibility index (Phi) is 3.96. The Bertz CT molecular complexity index is 315. The Hall–Kier alpha value is -1.24. The number of halogens is 1. The van der Waals surface area contributed by atoms with Crippen LogP contribution in [0.3, 0.4) is 0 Å². The van der Waals surface area contributed by atoms with E-state index >= 15 is 0 Å². The molecule has 0 aromatic heterocycles. The number of alkyl halides is 1.